The molecule has 0 aliphatic rings. The van der Waals surface area contributed by atoms with Gasteiger partial charge in [0.25, 0.3) is 5.91 Å². The van der Waals surface area contributed by atoms with Crippen LogP contribution in [0.3, 0.4) is 0 Å². The van der Waals surface area contributed by atoms with Crippen LogP contribution in [0, 0.1) is 6.92 Å². The zero-order chi connectivity index (χ0) is 16.8. The van der Waals surface area contributed by atoms with E-state index < -0.39 is 0 Å². The standard InChI is InChI=1S/C16H20N4O2S/c1-4-17-15(21)12-5-7-13(8-6-12)19-16(22)20(3)9-14-10-23-11(2)18-14/h5-8,10H,4,9H2,1-3H3,(H,17,21)(H,19,22). The monoisotopic (exact) mass is 332 g/mol. The minimum absolute atomic E-state index is 0.124. The third kappa shape index (κ3) is 4.79. The van der Waals surface area contributed by atoms with Crippen LogP contribution in [0.15, 0.2) is 29.6 Å². The maximum absolute atomic E-state index is 12.2. The minimum Gasteiger partial charge on any atom is -0.352 e. The molecule has 1 heterocycles. The molecule has 0 spiro atoms. The maximum atomic E-state index is 12.2. The summed E-state index contributed by atoms with van der Waals surface area (Å²) in [5.74, 6) is -0.124. The van der Waals surface area contributed by atoms with Crippen molar-refractivity contribution in [3.63, 3.8) is 0 Å². The van der Waals surface area contributed by atoms with Crippen molar-refractivity contribution < 1.29 is 9.59 Å². The third-order valence-electron chi connectivity index (χ3n) is 3.15. The van der Waals surface area contributed by atoms with Crippen LogP contribution in [-0.4, -0.2) is 35.4 Å². The maximum Gasteiger partial charge on any atom is 0.321 e. The summed E-state index contributed by atoms with van der Waals surface area (Å²) in [6.45, 7) is 4.84. The summed E-state index contributed by atoms with van der Waals surface area (Å²) in [6.07, 6.45) is 0. The highest BCUT2D eigenvalue weighted by atomic mass is 32.1. The molecule has 7 heteroatoms. The molecule has 0 aliphatic carbocycles. The molecule has 2 rings (SSSR count). The van der Waals surface area contributed by atoms with E-state index in [1.807, 2.05) is 19.2 Å². The molecule has 0 saturated heterocycles. The zero-order valence-electron chi connectivity index (χ0n) is 13.4. The van der Waals surface area contributed by atoms with Crippen LogP contribution in [0.2, 0.25) is 0 Å². The molecule has 2 aromatic rings. The number of thiazole rings is 1. The highest BCUT2D eigenvalue weighted by molar-refractivity contribution is 7.09. The first-order valence-corrected chi connectivity index (χ1v) is 8.19. The Morgan fingerprint density at radius 3 is 2.52 bits per heavy atom. The Morgan fingerprint density at radius 2 is 1.96 bits per heavy atom. The van der Waals surface area contributed by atoms with Gasteiger partial charge in [-0.05, 0) is 38.1 Å². The zero-order valence-corrected chi connectivity index (χ0v) is 14.2. The van der Waals surface area contributed by atoms with Crippen molar-refractivity contribution in [2.45, 2.75) is 20.4 Å². The molecule has 122 valence electrons. The molecule has 0 saturated carbocycles. The van der Waals surface area contributed by atoms with Gasteiger partial charge in [-0.1, -0.05) is 0 Å². The number of aryl methyl sites for hydroxylation is 1. The number of nitrogens with zero attached hydrogens (tertiary/aromatic N) is 2. The SMILES string of the molecule is CCNC(=O)c1ccc(NC(=O)N(C)Cc2csc(C)n2)cc1. The van der Waals surface area contributed by atoms with Gasteiger partial charge in [0.1, 0.15) is 0 Å². The second-order valence-electron chi connectivity index (χ2n) is 5.08. The fraction of sp³-hybridized carbons (Fsp3) is 0.312. The van der Waals surface area contributed by atoms with E-state index in [0.717, 1.165) is 10.7 Å². The second kappa shape index (κ2) is 7.73. The van der Waals surface area contributed by atoms with E-state index in [9.17, 15) is 9.59 Å². The predicted molar refractivity (Wildman–Crippen MR) is 91.8 cm³/mol. The highest BCUT2D eigenvalue weighted by Gasteiger charge is 2.11. The first-order chi connectivity index (χ1) is 11.0. The number of hydrogen-bond donors (Lipinski definition) is 2. The van der Waals surface area contributed by atoms with E-state index in [1.54, 1.807) is 47.5 Å². The number of hydrogen-bond acceptors (Lipinski definition) is 4. The number of amides is 3. The Kier molecular flexibility index (Phi) is 5.70. The molecular weight excluding hydrogens is 312 g/mol. The summed E-state index contributed by atoms with van der Waals surface area (Å²) < 4.78 is 0. The number of anilines is 1. The molecule has 0 atom stereocenters. The average Bonchev–Trinajstić information content (AvgIpc) is 2.93. The number of benzene rings is 1. The van der Waals surface area contributed by atoms with Crippen LogP contribution in [0.5, 0.6) is 0 Å². The number of aromatic nitrogens is 1. The average molecular weight is 332 g/mol. The van der Waals surface area contributed by atoms with Crippen molar-refractivity contribution in [2.75, 3.05) is 18.9 Å². The van der Waals surface area contributed by atoms with Gasteiger partial charge in [0, 0.05) is 30.2 Å². The lowest BCUT2D eigenvalue weighted by atomic mass is 10.2. The van der Waals surface area contributed by atoms with E-state index in [-0.39, 0.29) is 11.9 Å². The molecule has 1 aromatic carbocycles. The smallest absolute Gasteiger partial charge is 0.321 e. The Balaban J connectivity index is 1.92. The fourth-order valence-corrected chi connectivity index (χ4v) is 2.59. The molecule has 23 heavy (non-hydrogen) atoms. The van der Waals surface area contributed by atoms with Crippen LogP contribution < -0.4 is 10.6 Å². The van der Waals surface area contributed by atoms with Crippen LogP contribution >= 0.6 is 11.3 Å². The van der Waals surface area contributed by atoms with Crippen LogP contribution in [0.4, 0.5) is 10.5 Å². The molecule has 0 bridgehead atoms. The van der Waals surface area contributed by atoms with Crippen molar-refractivity contribution in [2.24, 2.45) is 0 Å². The summed E-state index contributed by atoms with van der Waals surface area (Å²) in [6, 6.07) is 6.57. The first kappa shape index (κ1) is 17.0. The van der Waals surface area contributed by atoms with Crippen molar-refractivity contribution in [3.8, 4) is 0 Å². The van der Waals surface area contributed by atoms with Crippen molar-refractivity contribution in [3.05, 3.63) is 45.9 Å². The predicted octanol–water partition coefficient (Wildman–Crippen LogP) is 2.87. The summed E-state index contributed by atoms with van der Waals surface area (Å²) in [5, 5.41) is 8.45. The lowest BCUT2D eigenvalue weighted by Crippen LogP contribution is -2.31. The van der Waals surface area contributed by atoms with Gasteiger partial charge < -0.3 is 15.5 Å². The molecule has 0 unspecified atom stereocenters. The quantitative estimate of drug-likeness (QED) is 0.884. The lowest BCUT2D eigenvalue weighted by Gasteiger charge is -2.17. The Hall–Kier alpha value is -2.41. The van der Waals surface area contributed by atoms with Crippen LogP contribution in [0.1, 0.15) is 28.0 Å². The fourth-order valence-electron chi connectivity index (χ4n) is 1.98. The normalized spacial score (nSPS) is 10.2. The number of carbonyl (C=O) groups excluding carboxylic acids is 2. The van der Waals surface area contributed by atoms with Gasteiger partial charge in [0.15, 0.2) is 0 Å². The molecule has 3 amide bonds. The Labute approximate surface area is 139 Å². The summed E-state index contributed by atoms with van der Waals surface area (Å²) in [5.41, 5.74) is 2.08. The topological polar surface area (TPSA) is 74.3 Å². The molecule has 0 fully saturated rings. The second-order valence-corrected chi connectivity index (χ2v) is 6.14. The van der Waals surface area contributed by atoms with Gasteiger partial charge in [-0.15, -0.1) is 11.3 Å². The molecule has 2 N–H and O–H groups in total. The van der Waals surface area contributed by atoms with E-state index >= 15 is 0 Å². The largest absolute Gasteiger partial charge is 0.352 e. The number of rotatable bonds is 5. The third-order valence-corrected chi connectivity index (χ3v) is 3.97. The van der Waals surface area contributed by atoms with Gasteiger partial charge >= 0.3 is 6.03 Å². The number of nitrogens with one attached hydrogen (secondary N) is 2. The van der Waals surface area contributed by atoms with Crippen molar-refractivity contribution >= 4 is 29.0 Å². The summed E-state index contributed by atoms with van der Waals surface area (Å²) in [7, 11) is 1.72. The van der Waals surface area contributed by atoms with Gasteiger partial charge in [-0.25, -0.2) is 9.78 Å². The lowest BCUT2D eigenvalue weighted by molar-refractivity contribution is 0.0956. The van der Waals surface area contributed by atoms with Gasteiger partial charge in [-0.3, -0.25) is 4.79 Å². The van der Waals surface area contributed by atoms with Crippen molar-refractivity contribution in [1.29, 1.82) is 0 Å². The van der Waals surface area contributed by atoms with E-state index in [0.29, 0.717) is 24.3 Å². The molecular formula is C16H20N4O2S. The Morgan fingerprint density at radius 1 is 1.26 bits per heavy atom. The Bertz CT molecular complexity index is 682. The summed E-state index contributed by atoms with van der Waals surface area (Å²) in [4.78, 5) is 29.7. The van der Waals surface area contributed by atoms with E-state index in [1.165, 1.54) is 0 Å². The highest BCUT2D eigenvalue weighted by Crippen LogP contribution is 2.13. The molecule has 1 aromatic heterocycles. The van der Waals surface area contributed by atoms with Gasteiger partial charge in [0.2, 0.25) is 0 Å². The number of urea groups is 1. The first-order valence-electron chi connectivity index (χ1n) is 7.31. The number of carbonyl (C=O) groups is 2. The summed E-state index contributed by atoms with van der Waals surface area (Å²) >= 11 is 1.56. The van der Waals surface area contributed by atoms with Crippen molar-refractivity contribution in [1.82, 2.24) is 15.2 Å². The van der Waals surface area contributed by atoms with E-state index in [2.05, 4.69) is 15.6 Å². The van der Waals surface area contributed by atoms with Gasteiger partial charge in [-0.2, -0.15) is 0 Å². The van der Waals surface area contributed by atoms with Gasteiger partial charge in [0.05, 0.1) is 17.2 Å². The van der Waals surface area contributed by atoms with E-state index in [4.69, 9.17) is 0 Å². The minimum atomic E-state index is -0.221. The molecule has 0 radical (unpaired) electrons. The van der Waals surface area contributed by atoms with Crippen LogP contribution in [-0.2, 0) is 6.54 Å². The molecule has 0 aliphatic heterocycles. The molecule has 6 nitrogen and oxygen atoms in total. The van der Waals surface area contributed by atoms with Crippen LogP contribution in [0.25, 0.3) is 0 Å².